The van der Waals surface area contributed by atoms with E-state index in [0.29, 0.717) is 11.1 Å². The van der Waals surface area contributed by atoms with Gasteiger partial charge in [0.25, 0.3) is 5.69 Å². The summed E-state index contributed by atoms with van der Waals surface area (Å²) in [6, 6.07) is 23.1. The Bertz CT molecular complexity index is 1320. The summed E-state index contributed by atoms with van der Waals surface area (Å²) < 4.78 is 11.0. The Morgan fingerprint density at radius 1 is 0.921 bits per heavy atom. The molecule has 0 saturated heterocycles. The zero-order chi connectivity index (χ0) is 27.3. The van der Waals surface area contributed by atoms with Crippen LogP contribution in [-0.4, -0.2) is 33.4 Å². The number of carbonyl (C=O) groups excluding carboxylic acids is 3. The summed E-state index contributed by atoms with van der Waals surface area (Å²) in [4.78, 5) is 50.9. The van der Waals surface area contributed by atoms with Crippen molar-refractivity contribution >= 4 is 23.4 Å². The van der Waals surface area contributed by atoms with Crippen molar-refractivity contribution in [2.75, 3.05) is 0 Å². The molecule has 9 heteroatoms. The first-order chi connectivity index (χ1) is 18.2. The fourth-order valence-electron chi connectivity index (χ4n) is 4.90. The molecule has 4 atom stereocenters. The molecule has 0 radical (unpaired) electrons. The van der Waals surface area contributed by atoms with Crippen LogP contribution in [0, 0.1) is 22.0 Å². The van der Waals surface area contributed by atoms with Crippen LogP contribution < -0.4 is 0 Å². The number of hydrogen-bond donors (Lipinski definition) is 1. The van der Waals surface area contributed by atoms with Crippen LogP contribution in [0.1, 0.15) is 36.0 Å². The molecule has 1 aliphatic carbocycles. The molecule has 0 amide bonds. The molecule has 4 rings (SSSR count). The predicted octanol–water partition coefficient (Wildman–Crippen LogP) is 4.12. The molecule has 1 fully saturated rings. The molecule has 0 spiro atoms. The van der Waals surface area contributed by atoms with Crippen LogP contribution in [0.2, 0.25) is 0 Å². The zero-order valence-electron chi connectivity index (χ0n) is 20.7. The molecule has 9 nitrogen and oxygen atoms in total. The smallest absolute Gasteiger partial charge is 0.317 e. The fraction of sp³-hybridized carbons (Fsp3) is 0.276. The molecule has 0 bridgehead atoms. The van der Waals surface area contributed by atoms with E-state index in [-0.39, 0.29) is 24.5 Å². The molecule has 1 N–H and O–H groups in total. The van der Waals surface area contributed by atoms with Crippen LogP contribution in [-0.2, 0) is 37.1 Å². The third kappa shape index (κ3) is 5.95. The van der Waals surface area contributed by atoms with Crippen LogP contribution >= 0.6 is 0 Å². The lowest BCUT2D eigenvalue weighted by atomic mass is 9.61. The van der Waals surface area contributed by atoms with E-state index in [9.17, 15) is 29.6 Å². The average Bonchev–Trinajstić information content (AvgIpc) is 2.90. The van der Waals surface area contributed by atoms with Crippen molar-refractivity contribution in [2.24, 2.45) is 11.8 Å². The monoisotopic (exact) mass is 517 g/mol. The van der Waals surface area contributed by atoms with Crippen molar-refractivity contribution in [2.45, 2.75) is 38.1 Å². The van der Waals surface area contributed by atoms with Gasteiger partial charge >= 0.3 is 11.9 Å². The number of hydrogen-bond acceptors (Lipinski definition) is 8. The van der Waals surface area contributed by atoms with Crippen LogP contribution in [0.15, 0.2) is 84.9 Å². The van der Waals surface area contributed by atoms with Gasteiger partial charge in [-0.2, -0.15) is 0 Å². The van der Waals surface area contributed by atoms with Gasteiger partial charge < -0.3 is 14.6 Å². The van der Waals surface area contributed by atoms with Crippen LogP contribution in [0.25, 0.3) is 0 Å². The number of ketones is 1. The van der Waals surface area contributed by atoms with Gasteiger partial charge in [0.15, 0.2) is 5.78 Å². The van der Waals surface area contributed by atoms with E-state index in [4.69, 9.17) is 9.47 Å². The molecule has 0 heterocycles. The van der Waals surface area contributed by atoms with Gasteiger partial charge in [0.05, 0.1) is 16.4 Å². The Morgan fingerprint density at radius 2 is 1.47 bits per heavy atom. The van der Waals surface area contributed by atoms with Crippen molar-refractivity contribution in [3.05, 3.63) is 112 Å². The van der Waals surface area contributed by atoms with Crippen LogP contribution in [0.3, 0.4) is 0 Å². The number of nitro benzene ring substituents is 1. The average molecular weight is 518 g/mol. The molecule has 4 unspecified atom stereocenters. The van der Waals surface area contributed by atoms with Gasteiger partial charge in [-0.15, -0.1) is 0 Å². The number of rotatable bonds is 8. The van der Waals surface area contributed by atoms with E-state index in [1.54, 1.807) is 48.5 Å². The number of carbonyl (C=O) groups is 3. The van der Waals surface area contributed by atoms with Crippen LogP contribution in [0.5, 0.6) is 0 Å². The summed E-state index contributed by atoms with van der Waals surface area (Å²) >= 11 is 0. The Balaban J connectivity index is 1.71. The summed E-state index contributed by atoms with van der Waals surface area (Å²) in [6.07, 6.45) is -0.491. The van der Waals surface area contributed by atoms with Gasteiger partial charge in [0.2, 0.25) is 0 Å². The summed E-state index contributed by atoms with van der Waals surface area (Å²) in [5.74, 6) is -6.44. The van der Waals surface area contributed by atoms with E-state index >= 15 is 0 Å². The minimum absolute atomic E-state index is 0.0923. The van der Waals surface area contributed by atoms with Gasteiger partial charge in [0.1, 0.15) is 19.1 Å². The lowest BCUT2D eigenvalue weighted by Gasteiger charge is -2.43. The molecule has 3 aromatic rings. The highest BCUT2D eigenvalue weighted by Crippen LogP contribution is 2.47. The second kappa shape index (κ2) is 11.4. The standard InChI is InChI=1S/C29H27NO8/c1-29(34)16-23(31)25(27(32)37-17-19-9-4-2-5-10-19)24(21-13-8-14-22(15-21)30(35)36)26(29)28(33)38-18-20-11-6-3-7-12-20/h2-15,24-26,34H,16-18H2,1H3. The Hall–Kier alpha value is -4.37. The first-order valence-electron chi connectivity index (χ1n) is 12.1. The van der Waals surface area contributed by atoms with Gasteiger partial charge in [0, 0.05) is 24.5 Å². The number of nitrogens with zero attached hydrogens (tertiary/aromatic N) is 1. The van der Waals surface area contributed by atoms with Gasteiger partial charge in [-0.1, -0.05) is 72.8 Å². The number of benzene rings is 3. The van der Waals surface area contributed by atoms with Crippen molar-refractivity contribution in [3.63, 3.8) is 0 Å². The third-order valence-corrected chi connectivity index (χ3v) is 6.69. The van der Waals surface area contributed by atoms with Crippen molar-refractivity contribution in [1.29, 1.82) is 0 Å². The van der Waals surface area contributed by atoms with Crippen molar-refractivity contribution in [3.8, 4) is 0 Å². The van der Waals surface area contributed by atoms with Crippen molar-refractivity contribution in [1.82, 2.24) is 0 Å². The summed E-state index contributed by atoms with van der Waals surface area (Å²) in [6.45, 7) is 1.13. The number of ether oxygens (including phenoxy) is 2. The van der Waals surface area contributed by atoms with E-state index in [1.807, 2.05) is 12.1 Å². The van der Waals surface area contributed by atoms with Crippen molar-refractivity contribution < 1.29 is 33.9 Å². The Labute approximate surface area is 219 Å². The second-order valence-electron chi connectivity index (χ2n) is 9.52. The van der Waals surface area contributed by atoms with Crippen LogP contribution in [0.4, 0.5) is 5.69 Å². The Kier molecular flexibility index (Phi) is 7.97. The number of aliphatic hydroxyl groups is 1. The topological polar surface area (TPSA) is 133 Å². The molecular formula is C29H27NO8. The highest BCUT2D eigenvalue weighted by molar-refractivity contribution is 6.02. The maximum atomic E-state index is 13.5. The molecule has 0 aliphatic heterocycles. The largest absolute Gasteiger partial charge is 0.461 e. The summed E-state index contributed by atoms with van der Waals surface area (Å²) in [5.41, 5.74) is -0.583. The second-order valence-corrected chi connectivity index (χ2v) is 9.52. The molecule has 38 heavy (non-hydrogen) atoms. The lowest BCUT2D eigenvalue weighted by Crippen LogP contribution is -2.55. The Morgan fingerprint density at radius 3 is 2.03 bits per heavy atom. The number of non-ortho nitro benzene ring substituents is 1. The van der Waals surface area contributed by atoms with E-state index in [0.717, 1.165) is 0 Å². The predicted molar refractivity (Wildman–Crippen MR) is 136 cm³/mol. The third-order valence-electron chi connectivity index (χ3n) is 6.69. The number of esters is 2. The van der Waals surface area contributed by atoms with E-state index in [2.05, 4.69) is 0 Å². The normalized spacial score (nSPS) is 22.9. The molecule has 0 aromatic heterocycles. The molecule has 3 aromatic carbocycles. The summed E-state index contributed by atoms with van der Waals surface area (Å²) in [5, 5.41) is 22.8. The number of Topliss-reactive ketones (excluding diaryl/α,β-unsaturated/α-hetero) is 1. The first-order valence-corrected chi connectivity index (χ1v) is 12.1. The zero-order valence-corrected chi connectivity index (χ0v) is 20.7. The molecular weight excluding hydrogens is 490 g/mol. The summed E-state index contributed by atoms with van der Waals surface area (Å²) in [7, 11) is 0. The number of nitro groups is 1. The maximum Gasteiger partial charge on any atom is 0.317 e. The maximum absolute atomic E-state index is 13.5. The highest BCUT2D eigenvalue weighted by atomic mass is 16.6. The fourth-order valence-corrected chi connectivity index (χ4v) is 4.90. The lowest BCUT2D eigenvalue weighted by molar-refractivity contribution is -0.385. The highest BCUT2D eigenvalue weighted by Gasteiger charge is 2.57. The quantitative estimate of drug-likeness (QED) is 0.204. The molecule has 1 aliphatic rings. The molecule has 1 saturated carbocycles. The van der Waals surface area contributed by atoms with Gasteiger partial charge in [-0.25, -0.2) is 0 Å². The first kappa shape index (κ1) is 26.7. The SMILES string of the molecule is CC1(O)CC(=O)C(C(=O)OCc2ccccc2)C(c2cccc([N+](=O)[O-])c2)C1C(=O)OCc1ccccc1. The van der Waals surface area contributed by atoms with E-state index < -0.39 is 52.4 Å². The van der Waals surface area contributed by atoms with E-state index in [1.165, 1.54) is 31.2 Å². The van der Waals surface area contributed by atoms with Gasteiger partial charge in [-0.3, -0.25) is 24.5 Å². The molecule has 196 valence electrons. The van der Waals surface area contributed by atoms with Gasteiger partial charge in [-0.05, 0) is 23.6 Å². The minimum Gasteiger partial charge on any atom is -0.461 e. The minimum atomic E-state index is -1.88.